The van der Waals surface area contributed by atoms with Gasteiger partial charge in [-0.3, -0.25) is 9.78 Å². The van der Waals surface area contributed by atoms with Crippen LogP contribution in [-0.4, -0.2) is 33.4 Å². The minimum absolute atomic E-state index is 0.0332. The van der Waals surface area contributed by atoms with Crippen LogP contribution in [0.2, 0.25) is 0 Å². The molecule has 1 saturated heterocycles. The quantitative estimate of drug-likeness (QED) is 0.511. The highest BCUT2D eigenvalue weighted by Crippen LogP contribution is 2.41. The van der Waals surface area contributed by atoms with E-state index < -0.39 is 0 Å². The number of fused-ring (bicyclic) bond motifs is 2. The van der Waals surface area contributed by atoms with E-state index in [4.69, 9.17) is 0 Å². The molecule has 1 fully saturated rings. The molecule has 1 spiro atoms. The number of carbonyl (C=O) groups excluding carboxylic acids is 1. The highest BCUT2D eigenvalue weighted by Gasteiger charge is 2.43. The van der Waals surface area contributed by atoms with Gasteiger partial charge in [-0.05, 0) is 61.6 Å². The smallest absolute Gasteiger partial charge is 0.253 e. The molecule has 1 amide bonds. The molecule has 3 aromatic rings. The van der Waals surface area contributed by atoms with E-state index in [1.165, 1.54) is 29.4 Å². The largest absolute Gasteiger partial charge is 0.372 e. The number of benzene rings is 1. The second-order valence-corrected chi connectivity index (χ2v) is 9.26. The van der Waals surface area contributed by atoms with Crippen molar-refractivity contribution in [3.05, 3.63) is 96.0 Å². The normalized spacial score (nSPS) is 19.1. The van der Waals surface area contributed by atoms with Crippen LogP contribution in [0.25, 0.3) is 16.8 Å². The third-order valence-electron chi connectivity index (χ3n) is 7.03. The van der Waals surface area contributed by atoms with Gasteiger partial charge >= 0.3 is 0 Å². The number of rotatable bonds is 4. The molecule has 2 aliphatic rings. The van der Waals surface area contributed by atoms with Crippen LogP contribution in [0, 0.1) is 5.82 Å². The highest BCUT2D eigenvalue weighted by atomic mass is 19.1. The van der Waals surface area contributed by atoms with Crippen LogP contribution in [0.5, 0.6) is 0 Å². The Kier molecular flexibility index (Phi) is 6.29. The lowest BCUT2D eigenvalue weighted by Crippen LogP contribution is -2.55. The lowest BCUT2D eigenvalue weighted by molar-refractivity contribution is 0.0639. The molecule has 35 heavy (non-hydrogen) atoms. The summed E-state index contributed by atoms with van der Waals surface area (Å²) in [7, 11) is 0. The number of halogens is 1. The van der Waals surface area contributed by atoms with Crippen LogP contribution in [0.3, 0.4) is 0 Å². The number of nitrogens with zero attached hydrogens (tertiary/aromatic N) is 3. The van der Waals surface area contributed by atoms with Crippen molar-refractivity contribution in [1.82, 2.24) is 19.8 Å². The van der Waals surface area contributed by atoms with E-state index in [-0.39, 0.29) is 17.3 Å². The number of carbonyl (C=O) groups is 1. The van der Waals surface area contributed by atoms with Crippen molar-refractivity contribution in [3.63, 3.8) is 0 Å². The van der Waals surface area contributed by atoms with Crippen molar-refractivity contribution in [3.8, 4) is 11.1 Å². The van der Waals surface area contributed by atoms with Gasteiger partial charge in [0.1, 0.15) is 5.82 Å². The van der Waals surface area contributed by atoms with Gasteiger partial charge in [-0.25, -0.2) is 4.39 Å². The number of allylic oxidation sites excluding steroid dienone is 3. The molecule has 180 valence electrons. The Balaban J connectivity index is 1.34. The topological polar surface area (TPSA) is 50.2 Å². The molecule has 0 aliphatic carbocycles. The molecule has 1 N–H and O–H groups in total. The SMILES string of the molecule is CC/C=C1/NC2(CCN(C(=O)c3ccc(-c4cncc(F)c4)cc3)CC2)c2cccn2/C1=C/CC. The standard InChI is InChI=1S/C29H31FN4O/c1-3-6-25-26(7-4-2)34-15-5-8-27(34)29(32-25)13-16-33(17-14-29)28(35)22-11-9-21(10-12-22)23-18-24(30)20-31-19-23/h5-12,15,18-20,32H,3-4,13-14,16-17H2,1-2H3/b25-6+,26-7+. The molecule has 0 bridgehead atoms. The Hall–Kier alpha value is -3.67. The van der Waals surface area contributed by atoms with E-state index in [2.05, 4.69) is 59.2 Å². The van der Waals surface area contributed by atoms with E-state index in [9.17, 15) is 9.18 Å². The lowest BCUT2D eigenvalue weighted by Gasteiger charge is -2.47. The van der Waals surface area contributed by atoms with E-state index in [0.717, 1.165) is 31.2 Å². The summed E-state index contributed by atoms with van der Waals surface area (Å²) >= 11 is 0. The first kappa shape index (κ1) is 23.1. The second kappa shape index (κ2) is 9.53. The molecule has 4 heterocycles. The minimum Gasteiger partial charge on any atom is -0.372 e. The maximum Gasteiger partial charge on any atom is 0.253 e. The van der Waals surface area contributed by atoms with Crippen LogP contribution in [0.1, 0.15) is 55.6 Å². The number of hydrogen-bond donors (Lipinski definition) is 1. The molecular weight excluding hydrogens is 439 g/mol. The molecule has 2 aromatic heterocycles. The fourth-order valence-corrected chi connectivity index (χ4v) is 5.29. The number of aromatic nitrogens is 2. The third kappa shape index (κ3) is 4.29. The van der Waals surface area contributed by atoms with Gasteiger partial charge in [0.15, 0.2) is 0 Å². The summed E-state index contributed by atoms with van der Waals surface area (Å²) in [5, 5.41) is 3.87. The molecule has 2 aliphatic heterocycles. The Morgan fingerprint density at radius 3 is 2.49 bits per heavy atom. The van der Waals surface area contributed by atoms with Gasteiger partial charge in [-0.2, -0.15) is 0 Å². The molecule has 0 atom stereocenters. The average Bonchev–Trinajstić information content (AvgIpc) is 3.38. The summed E-state index contributed by atoms with van der Waals surface area (Å²) in [5.74, 6) is -0.340. The van der Waals surface area contributed by atoms with Gasteiger partial charge in [0.25, 0.3) is 5.91 Å². The van der Waals surface area contributed by atoms with Crippen LogP contribution in [-0.2, 0) is 5.54 Å². The lowest BCUT2D eigenvalue weighted by atomic mass is 9.81. The Morgan fingerprint density at radius 1 is 1.06 bits per heavy atom. The summed E-state index contributed by atoms with van der Waals surface area (Å²) in [4.78, 5) is 19.1. The second-order valence-electron chi connectivity index (χ2n) is 9.26. The minimum atomic E-state index is -0.374. The molecule has 5 rings (SSSR count). The van der Waals surface area contributed by atoms with Gasteiger partial charge in [-0.1, -0.05) is 38.1 Å². The van der Waals surface area contributed by atoms with Crippen LogP contribution < -0.4 is 5.32 Å². The number of piperidine rings is 1. The first-order valence-corrected chi connectivity index (χ1v) is 12.4. The summed E-state index contributed by atoms with van der Waals surface area (Å²) < 4.78 is 15.8. The van der Waals surface area contributed by atoms with Gasteiger partial charge in [0.2, 0.25) is 0 Å². The summed E-state index contributed by atoms with van der Waals surface area (Å²) in [6.07, 6.45) is 13.1. The number of nitrogens with one attached hydrogen (secondary N) is 1. The molecule has 0 radical (unpaired) electrons. The zero-order valence-corrected chi connectivity index (χ0v) is 20.3. The monoisotopic (exact) mass is 470 g/mol. The number of amides is 1. The fourth-order valence-electron chi connectivity index (χ4n) is 5.29. The van der Waals surface area contributed by atoms with E-state index in [0.29, 0.717) is 24.2 Å². The van der Waals surface area contributed by atoms with Crippen molar-refractivity contribution in [1.29, 1.82) is 0 Å². The number of likely N-dealkylation sites (tertiary alicyclic amines) is 1. The average molecular weight is 471 g/mol. The van der Waals surface area contributed by atoms with E-state index in [1.807, 2.05) is 29.2 Å². The van der Waals surface area contributed by atoms with E-state index in [1.54, 1.807) is 6.20 Å². The predicted molar refractivity (Wildman–Crippen MR) is 137 cm³/mol. The molecule has 5 nitrogen and oxygen atoms in total. The highest BCUT2D eigenvalue weighted by molar-refractivity contribution is 5.94. The van der Waals surface area contributed by atoms with Gasteiger partial charge in [0, 0.05) is 42.3 Å². The van der Waals surface area contributed by atoms with Gasteiger partial charge in [-0.15, -0.1) is 0 Å². The number of hydrogen-bond acceptors (Lipinski definition) is 3. The Bertz CT molecular complexity index is 1280. The van der Waals surface area contributed by atoms with Gasteiger partial charge < -0.3 is 14.8 Å². The van der Waals surface area contributed by atoms with E-state index >= 15 is 0 Å². The Morgan fingerprint density at radius 2 is 1.80 bits per heavy atom. The Labute approximate surface area is 206 Å². The summed E-state index contributed by atoms with van der Waals surface area (Å²) in [6, 6.07) is 13.1. The van der Waals surface area contributed by atoms with Crippen molar-refractivity contribution < 1.29 is 9.18 Å². The third-order valence-corrected chi connectivity index (χ3v) is 7.03. The van der Waals surface area contributed by atoms with Gasteiger partial charge in [0.05, 0.1) is 23.1 Å². The number of pyridine rings is 1. The maximum absolute atomic E-state index is 13.5. The summed E-state index contributed by atoms with van der Waals surface area (Å²) in [6.45, 7) is 5.68. The van der Waals surface area contributed by atoms with Crippen LogP contribution in [0.4, 0.5) is 4.39 Å². The maximum atomic E-state index is 13.5. The van der Waals surface area contributed by atoms with Crippen molar-refractivity contribution in [2.24, 2.45) is 0 Å². The van der Waals surface area contributed by atoms with Crippen LogP contribution in [0.15, 0.2) is 78.9 Å². The molecular formula is C29H31FN4O. The zero-order chi connectivity index (χ0) is 24.4. The first-order chi connectivity index (χ1) is 17.0. The van der Waals surface area contributed by atoms with Crippen LogP contribution >= 0.6 is 0 Å². The molecule has 6 heteroatoms. The fraction of sp³-hybridized carbons (Fsp3) is 0.310. The molecule has 1 aromatic carbocycles. The first-order valence-electron chi connectivity index (χ1n) is 12.4. The zero-order valence-electron chi connectivity index (χ0n) is 20.3. The summed E-state index contributed by atoms with van der Waals surface area (Å²) in [5.41, 5.74) is 5.67. The molecule has 0 saturated carbocycles. The molecule has 0 unspecified atom stereocenters. The van der Waals surface area contributed by atoms with Crippen molar-refractivity contribution >= 4 is 11.6 Å². The van der Waals surface area contributed by atoms with Crippen molar-refractivity contribution in [2.45, 2.75) is 45.1 Å². The van der Waals surface area contributed by atoms with Crippen molar-refractivity contribution in [2.75, 3.05) is 13.1 Å². The predicted octanol–water partition coefficient (Wildman–Crippen LogP) is 5.97.